The van der Waals surface area contributed by atoms with Crippen molar-refractivity contribution in [3.05, 3.63) is 29.8 Å². The zero-order valence-corrected chi connectivity index (χ0v) is 9.98. The Hall–Kier alpha value is -2.04. The Balaban J connectivity index is 1.71. The standard InChI is InChI=1S/C13H16N2O3/c16-11-4-2-1-3-10(11)13(18)15-8-7-14-12(17)9-5-6-9/h1-4,9,16H,5-8H2,(H,14,17)(H,15,18). The van der Waals surface area contributed by atoms with Gasteiger partial charge in [0.2, 0.25) is 5.91 Å². The molecule has 0 aliphatic heterocycles. The van der Waals surface area contributed by atoms with Crippen LogP contribution in [-0.2, 0) is 4.79 Å². The molecule has 0 unspecified atom stereocenters. The van der Waals surface area contributed by atoms with E-state index in [9.17, 15) is 14.7 Å². The highest BCUT2D eigenvalue weighted by atomic mass is 16.3. The Kier molecular flexibility index (Phi) is 3.82. The number of para-hydroxylation sites is 1. The Morgan fingerprint density at radius 1 is 1.17 bits per heavy atom. The molecule has 0 heterocycles. The van der Waals surface area contributed by atoms with Gasteiger partial charge >= 0.3 is 0 Å². The molecule has 1 fully saturated rings. The predicted octanol–water partition coefficient (Wildman–Crippen LogP) is 0.648. The number of carbonyl (C=O) groups excluding carboxylic acids is 2. The lowest BCUT2D eigenvalue weighted by molar-refractivity contribution is -0.122. The molecule has 0 atom stereocenters. The van der Waals surface area contributed by atoms with Gasteiger partial charge in [0.15, 0.2) is 0 Å². The molecule has 1 saturated carbocycles. The molecule has 0 aromatic heterocycles. The molecule has 0 saturated heterocycles. The van der Waals surface area contributed by atoms with Gasteiger partial charge in [0.1, 0.15) is 5.75 Å². The Morgan fingerprint density at radius 3 is 2.50 bits per heavy atom. The topological polar surface area (TPSA) is 78.4 Å². The molecule has 96 valence electrons. The third-order valence-corrected chi connectivity index (χ3v) is 2.81. The molecule has 1 aliphatic rings. The summed E-state index contributed by atoms with van der Waals surface area (Å²) in [5.41, 5.74) is 0.242. The largest absolute Gasteiger partial charge is 0.507 e. The molecule has 5 nitrogen and oxygen atoms in total. The number of benzene rings is 1. The van der Waals surface area contributed by atoms with E-state index in [-0.39, 0.29) is 29.0 Å². The second-order valence-electron chi connectivity index (χ2n) is 4.34. The van der Waals surface area contributed by atoms with E-state index in [2.05, 4.69) is 10.6 Å². The number of aromatic hydroxyl groups is 1. The van der Waals surface area contributed by atoms with Crippen molar-refractivity contribution >= 4 is 11.8 Å². The number of phenolic OH excluding ortho intramolecular Hbond substituents is 1. The predicted molar refractivity (Wildman–Crippen MR) is 66.2 cm³/mol. The van der Waals surface area contributed by atoms with Crippen molar-refractivity contribution in [3.8, 4) is 5.75 Å². The summed E-state index contributed by atoms with van der Waals surface area (Å²) in [4.78, 5) is 23.0. The minimum atomic E-state index is -0.339. The van der Waals surface area contributed by atoms with E-state index >= 15 is 0 Å². The Bertz CT molecular complexity index is 455. The highest BCUT2D eigenvalue weighted by molar-refractivity contribution is 5.96. The van der Waals surface area contributed by atoms with Gasteiger partial charge in [-0.15, -0.1) is 0 Å². The number of hydrogen-bond acceptors (Lipinski definition) is 3. The lowest BCUT2D eigenvalue weighted by Crippen LogP contribution is -2.35. The lowest BCUT2D eigenvalue weighted by Gasteiger charge is -2.07. The van der Waals surface area contributed by atoms with Crippen molar-refractivity contribution in [2.45, 2.75) is 12.8 Å². The zero-order chi connectivity index (χ0) is 13.0. The van der Waals surface area contributed by atoms with Gasteiger partial charge in [0, 0.05) is 19.0 Å². The van der Waals surface area contributed by atoms with E-state index in [4.69, 9.17) is 0 Å². The van der Waals surface area contributed by atoms with Gasteiger partial charge in [-0.2, -0.15) is 0 Å². The van der Waals surface area contributed by atoms with Crippen LogP contribution in [0.5, 0.6) is 5.75 Å². The quantitative estimate of drug-likeness (QED) is 0.669. The van der Waals surface area contributed by atoms with Crippen LogP contribution in [0.25, 0.3) is 0 Å². The second-order valence-corrected chi connectivity index (χ2v) is 4.34. The van der Waals surface area contributed by atoms with Gasteiger partial charge in [-0.25, -0.2) is 0 Å². The smallest absolute Gasteiger partial charge is 0.255 e. The average molecular weight is 248 g/mol. The van der Waals surface area contributed by atoms with Gasteiger partial charge in [0.05, 0.1) is 5.56 Å². The first-order valence-corrected chi connectivity index (χ1v) is 6.02. The Labute approximate surface area is 105 Å². The maximum absolute atomic E-state index is 11.7. The molecule has 1 aromatic carbocycles. The van der Waals surface area contributed by atoms with Crippen LogP contribution < -0.4 is 10.6 Å². The molecule has 0 bridgehead atoms. The Morgan fingerprint density at radius 2 is 1.83 bits per heavy atom. The van der Waals surface area contributed by atoms with Gasteiger partial charge < -0.3 is 15.7 Å². The van der Waals surface area contributed by atoms with E-state index in [0.29, 0.717) is 13.1 Å². The summed E-state index contributed by atoms with van der Waals surface area (Å²) < 4.78 is 0. The van der Waals surface area contributed by atoms with Crippen molar-refractivity contribution < 1.29 is 14.7 Å². The van der Waals surface area contributed by atoms with Crippen LogP contribution in [-0.4, -0.2) is 30.0 Å². The summed E-state index contributed by atoms with van der Waals surface area (Å²) in [6.07, 6.45) is 1.94. The van der Waals surface area contributed by atoms with Gasteiger partial charge in [-0.05, 0) is 25.0 Å². The third kappa shape index (κ3) is 3.23. The van der Waals surface area contributed by atoms with Crippen LogP contribution in [0.4, 0.5) is 0 Å². The first-order chi connectivity index (χ1) is 8.68. The fraction of sp³-hybridized carbons (Fsp3) is 0.385. The van der Waals surface area contributed by atoms with Crippen LogP contribution in [0.3, 0.4) is 0 Å². The molecule has 0 spiro atoms. The monoisotopic (exact) mass is 248 g/mol. The minimum Gasteiger partial charge on any atom is -0.507 e. The highest BCUT2D eigenvalue weighted by Gasteiger charge is 2.28. The SMILES string of the molecule is O=C(NCCNC(=O)C1CC1)c1ccccc1O. The molecule has 3 N–H and O–H groups in total. The molecule has 0 radical (unpaired) electrons. The van der Waals surface area contributed by atoms with Crippen molar-refractivity contribution in [2.24, 2.45) is 5.92 Å². The number of carbonyl (C=O) groups is 2. The summed E-state index contributed by atoms with van der Waals surface area (Å²) in [6.45, 7) is 0.764. The highest BCUT2D eigenvalue weighted by Crippen LogP contribution is 2.28. The van der Waals surface area contributed by atoms with E-state index in [1.165, 1.54) is 6.07 Å². The van der Waals surface area contributed by atoms with Gasteiger partial charge in [-0.1, -0.05) is 12.1 Å². The van der Waals surface area contributed by atoms with E-state index in [1.807, 2.05) is 0 Å². The molecule has 18 heavy (non-hydrogen) atoms. The minimum absolute atomic E-state index is 0.0444. The summed E-state index contributed by atoms with van der Waals surface area (Å²) in [7, 11) is 0. The summed E-state index contributed by atoms with van der Waals surface area (Å²) >= 11 is 0. The summed E-state index contributed by atoms with van der Waals surface area (Å²) in [5, 5.41) is 14.9. The summed E-state index contributed by atoms with van der Waals surface area (Å²) in [6, 6.07) is 6.35. The maximum Gasteiger partial charge on any atom is 0.255 e. The number of phenols is 1. The third-order valence-electron chi connectivity index (χ3n) is 2.81. The zero-order valence-electron chi connectivity index (χ0n) is 9.98. The molecule has 1 aliphatic carbocycles. The first kappa shape index (κ1) is 12.4. The van der Waals surface area contributed by atoms with E-state index in [1.54, 1.807) is 18.2 Å². The fourth-order valence-corrected chi connectivity index (χ4v) is 1.61. The van der Waals surface area contributed by atoms with Gasteiger partial charge in [-0.3, -0.25) is 9.59 Å². The van der Waals surface area contributed by atoms with Crippen LogP contribution in [0.2, 0.25) is 0 Å². The van der Waals surface area contributed by atoms with Crippen molar-refractivity contribution in [2.75, 3.05) is 13.1 Å². The van der Waals surface area contributed by atoms with E-state index in [0.717, 1.165) is 12.8 Å². The van der Waals surface area contributed by atoms with E-state index < -0.39 is 0 Å². The fourth-order valence-electron chi connectivity index (χ4n) is 1.61. The molecular formula is C13H16N2O3. The number of nitrogens with one attached hydrogen (secondary N) is 2. The summed E-state index contributed by atoms with van der Waals surface area (Å²) in [5.74, 6) is -0.142. The molecular weight excluding hydrogens is 232 g/mol. The second kappa shape index (κ2) is 5.53. The molecule has 5 heteroatoms. The van der Waals surface area contributed by atoms with Crippen molar-refractivity contribution in [1.29, 1.82) is 0 Å². The molecule has 2 amide bonds. The number of rotatable bonds is 5. The van der Waals surface area contributed by atoms with Crippen molar-refractivity contribution in [1.82, 2.24) is 10.6 Å². The van der Waals surface area contributed by atoms with Crippen LogP contribution in [0, 0.1) is 5.92 Å². The van der Waals surface area contributed by atoms with Gasteiger partial charge in [0.25, 0.3) is 5.91 Å². The van der Waals surface area contributed by atoms with Crippen LogP contribution in [0.15, 0.2) is 24.3 Å². The number of amides is 2. The maximum atomic E-state index is 11.7. The molecule has 1 aromatic rings. The van der Waals surface area contributed by atoms with Crippen LogP contribution in [0.1, 0.15) is 23.2 Å². The average Bonchev–Trinajstić information content (AvgIpc) is 3.19. The lowest BCUT2D eigenvalue weighted by atomic mass is 10.2. The van der Waals surface area contributed by atoms with Crippen LogP contribution >= 0.6 is 0 Å². The first-order valence-electron chi connectivity index (χ1n) is 6.02. The van der Waals surface area contributed by atoms with Crippen molar-refractivity contribution in [3.63, 3.8) is 0 Å². The normalized spacial score (nSPS) is 14.0. The number of hydrogen-bond donors (Lipinski definition) is 3. The molecule has 2 rings (SSSR count).